The summed E-state index contributed by atoms with van der Waals surface area (Å²) < 4.78 is 44.2. The van der Waals surface area contributed by atoms with Gasteiger partial charge in [-0.05, 0) is 41.8 Å². The molecule has 1 aliphatic heterocycles. The van der Waals surface area contributed by atoms with Crippen LogP contribution in [0.3, 0.4) is 0 Å². The fourth-order valence-electron chi connectivity index (χ4n) is 3.87. The van der Waals surface area contributed by atoms with Crippen LogP contribution in [0.15, 0.2) is 48.5 Å². The number of carbonyl (C=O) groups excluding carboxylic acids is 2. The molecule has 0 aromatic heterocycles. The summed E-state index contributed by atoms with van der Waals surface area (Å²) in [7, 11) is -3.78. The van der Waals surface area contributed by atoms with Gasteiger partial charge >= 0.3 is 12.2 Å². The van der Waals surface area contributed by atoms with Gasteiger partial charge in [-0.3, -0.25) is 24.4 Å². The van der Waals surface area contributed by atoms with Crippen LogP contribution < -0.4 is 5.32 Å². The maximum atomic E-state index is 12.8. The Morgan fingerprint density at radius 2 is 1.49 bits per heavy atom. The Bertz CT molecular complexity index is 1340. The Labute approximate surface area is 234 Å². The molecule has 41 heavy (non-hydrogen) atoms. The summed E-state index contributed by atoms with van der Waals surface area (Å²) in [5.74, 6) is 0. The first-order valence-electron chi connectivity index (χ1n) is 12.2. The van der Waals surface area contributed by atoms with Crippen molar-refractivity contribution in [2.24, 2.45) is 0 Å². The van der Waals surface area contributed by atoms with E-state index in [1.807, 2.05) is 0 Å². The molecule has 2 amide bonds. The number of alkyl carbamates (subject to hydrolysis) is 1. The molecule has 1 fully saturated rings. The highest BCUT2D eigenvalue weighted by molar-refractivity contribution is 7.86. The summed E-state index contributed by atoms with van der Waals surface area (Å²) in [5.41, 5.74) is 0.897. The van der Waals surface area contributed by atoms with Crippen molar-refractivity contribution in [1.29, 1.82) is 0 Å². The number of carbonyl (C=O) groups is 2. The minimum absolute atomic E-state index is 0.00419. The molecule has 1 saturated heterocycles. The zero-order valence-electron chi connectivity index (χ0n) is 21.9. The lowest BCUT2D eigenvalue weighted by atomic mass is 10.2. The number of nitrogens with zero attached hydrogens (tertiary/aromatic N) is 3. The summed E-state index contributed by atoms with van der Waals surface area (Å²) in [5, 5.41) is 24.0. The SMILES string of the molecule is CS(=O)(=O)O[C@@H]1C[C@@H](COCCNC(=O)OCc2ccc([N+](=O)[O-])cc2)N(C(=O)OCc2ccc([N+](=O)[O-])cc2)C1. The molecule has 0 radical (unpaired) electrons. The Balaban J connectivity index is 1.44. The second-order valence-electron chi connectivity index (χ2n) is 8.94. The molecular formula is C24H28N4O12S. The van der Waals surface area contributed by atoms with Crippen LogP contribution in [-0.2, 0) is 41.7 Å². The van der Waals surface area contributed by atoms with Crippen molar-refractivity contribution in [1.82, 2.24) is 10.2 Å². The largest absolute Gasteiger partial charge is 0.445 e. The van der Waals surface area contributed by atoms with E-state index < -0.39 is 44.3 Å². The number of hydrogen-bond acceptors (Lipinski definition) is 12. The molecule has 222 valence electrons. The highest BCUT2D eigenvalue weighted by Gasteiger charge is 2.38. The minimum Gasteiger partial charge on any atom is -0.445 e. The Kier molecular flexibility index (Phi) is 10.9. The maximum Gasteiger partial charge on any atom is 0.410 e. The van der Waals surface area contributed by atoms with E-state index in [-0.39, 0.29) is 57.3 Å². The summed E-state index contributed by atoms with van der Waals surface area (Å²) in [4.78, 5) is 46.3. The molecule has 16 nitrogen and oxygen atoms in total. The predicted octanol–water partition coefficient (Wildman–Crippen LogP) is 2.50. The highest BCUT2D eigenvalue weighted by Crippen LogP contribution is 2.24. The summed E-state index contributed by atoms with van der Waals surface area (Å²) in [6.07, 6.45) is -1.22. The van der Waals surface area contributed by atoms with Crippen LogP contribution in [0.5, 0.6) is 0 Å². The zero-order chi connectivity index (χ0) is 30.0. The Morgan fingerprint density at radius 3 is 2.00 bits per heavy atom. The Morgan fingerprint density at radius 1 is 0.951 bits per heavy atom. The number of amides is 2. The maximum absolute atomic E-state index is 12.8. The third-order valence-corrected chi connectivity index (χ3v) is 6.40. The third-order valence-electron chi connectivity index (χ3n) is 5.77. The number of nitrogens with one attached hydrogen (secondary N) is 1. The topological polar surface area (TPSA) is 207 Å². The van der Waals surface area contributed by atoms with Gasteiger partial charge in [0.15, 0.2) is 0 Å². The fourth-order valence-corrected chi connectivity index (χ4v) is 4.51. The van der Waals surface area contributed by atoms with E-state index in [1.54, 1.807) is 0 Å². The number of nitro benzene ring substituents is 2. The third kappa shape index (κ3) is 10.3. The predicted molar refractivity (Wildman–Crippen MR) is 140 cm³/mol. The van der Waals surface area contributed by atoms with Crippen molar-refractivity contribution < 1.29 is 46.2 Å². The smallest absolute Gasteiger partial charge is 0.410 e. The summed E-state index contributed by atoms with van der Waals surface area (Å²) in [6, 6.07) is 10.4. The van der Waals surface area contributed by atoms with Gasteiger partial charge in [-0.25, -0.2) is 9.59 Å². The van der Waals surface area contributed by atoms with Crippen molar-refractivity contribution in [3.05, 3.63) is 79.9 Å². The molecule has 0 unspecified atom stereocenters. The average Bonchev–Trinajstić information content (AvgIpc) is 3.31. The highest BCUT2D eigenvalue weighted by atomic mass is 32.2. The molecule has 2 aromatic carbocycles. The van der Waals surface area contributed by atoms with Crippen LogP contribution in [0.25, 0.3) is 0 Å². The van der Waals surface area contributed by atoms with Gasteiger partial charge in [-0.15, -0.1) is 0 Å². The van der Waals surface area contributed by atoms with Crippen molar-refractivity contribution in [3.8, 4) is 0 Å². The lowest BCUT2D eigenvalue weighted by Crippen LogP contribution is -2.39. The van der Waals surface area contributed by atoms with Crippen LogP contribution in [0.4, 0.5) is 21.0 Å². The van der Waals surface area contributed by atoms with Gasteiger partial charge < -0.3 is 24.4 Å². The summed E-state index contributed by atoms with van der Waals surface area (Å²) >= 11 is 0. The molecule has 0 saturated carbocycles. The molecular weight excluding hydrogens is 568 g/mol. The van der Waals surface area contributed by atoms with E-state index in [0.717, 1.165) is 6.26 Å². The normalized spacial score (nSPS) is 16.7. The van der Waals surface area contributed by atoms with Gasteiger partial charge in [-0.2, -0.15) is 8.42 Å². The minimum atomic E-state index is -3.78. The fraction of sp³-hybridized carbons (Fsp3) is 0.417. The van der Waals surface area contributed by atoms with Gasteiger partial charge in [0.2, 0.25) is 0 Å². The van der Waals surface area contributed by atoms with E-state index in [0.29, 0.717) is 11.1 Å². The monoisotopic (exact) mass is 596 g/mol. The van der Waals surface area contributed by atoms with E-state index in [1.165, 1.54) is 53.4 Å². The van der Waals surface area contributed by atoms with Crippen molar-refractivity contribution in [2.75, 3.05) is 32.6 Å². The standard InChI is InChI=1S/C24H28N4O12S/c1-41(35,36)40-22-12-21(26(13-22)24(30)39-15-18-4-8-20(9-5-18)28(33)34)16-37-11-10-25-23(29)38-14-17-2-6-19(7-3-17)27(31)32/h2-9,21-22H,10-16H2,1H3,(H,25,29)/t21-,22+/m0/s1. The number of likely N-dealkylation sites (tertiary alicyclic amines) is 1. The first-order chi connectivity index (χ1) is 19.4. The van der Waals surface area contributed by atoms with Crippen LogP contribution >= 0.6 is 0 Å². The van der Waals surface area contributed by atoms with Gasteiger partial charge in [-0.1, -0.05) is 0 Å². The number of ether oxygens (including phenoxy) is 3. The van der Waals surface area contributed by atoms with E-state index in [2.05, 4.69) is 5.32 Å². The second-order valence-corrected chi connectivity index (χ2v) is 10.5. The van der Waals surface area contributed by atoms with Crippen LogP contribution in [-0.4, -0.2) is 80.1 Å². The average molecular weight is 597 g/mol. The molecule has 3 rings (SSSR count). The number of non-ortho nitro benzene ring substituents is 2. The van der Waals surface area contributed by atoms with Gasteiger partial charge in [0.25, 0.3) is 21.5 Å². The first-order valence-corrected chi connectivity index (χ1v) is 14.0. The lowest BCUT2D eigenvalue weighted by molar-refractivity contribution is -0.385. The molecule has 0 spiro atoms. The lowest BCUT2D eigenvalue weighted by Gasteiger charge is -2.23. The van der Waals surface area contributed by atoms with Crippen LogP contribution in [0.2, 0.25) is 0 Å². The van der Waals surface area contributed by atoms with Gasteiger partial charge in [0, 0.05) is 30.8 Å². The molecule has 17 heteroatoms. The van der Waals surface area contributed by atoms with Crippen molar-refractivity contribution in [2.45, 2.75) is 31.8 Å². The molecule has 0 aliphatic carbocycles. The van der Waals surface area contributed by atoms with Crippen LogP contribution in [0, 0.1) is 20.2 Å². The molecule has 1 heterocycles. The quantitative estimate of drug-likeness (QED) is 0.153. The Hall–Kier alpha value is -4.35. The van der Waals surface area contributed by atoms with Crippen LogP contribution in [0.1, 0.15) is 17.5 Å². The number of nitro groups is 2. The number of benzene rings is 2. The van der Waals surface area contributed by atoms with Gasteiger partial charge in [0.1, 0.15) is 13.2 Å². The second kappa shape index (κ2) is 14.3. The molecule has 0 bridgehead atoms. The zero-order valence-corrected chi connectivity index (χ0v) is 22.7. The molecule has 1 aliphatic rings. The number of rotatable bonds is 13. The molecule has 2 atom stereocenters. The molecule has 1 N–H and O–H groups in total. The first kappa shape index (κ1) is 31.2. The van der Waals surface area contributed by atoms with E-state index in [9.17, 15) is 38.2 Å². The summed E-state index contributed by atoms with van der Waals surface area (Å²) in [6.45, 7) is -0.203. The van der Waals surface area contributed by atoms with Crippen molar-refractivity contribution >= 4 is 33.7 Å². The molecule has 2 aromatic rings. The van der Waals surface area contributed by atoms with E-state index >= 15 is 0 Å². The van der Waals surface area contributed by atoms with Crippen molar-refractivity contribution in [3.63, 3.8) is 0 Å². The number of hydrogen-bond donors (Lipinski definition) is 1. The van der Waals surface area contributed by atoms with E-state index in [4.69, 9.17) is 18.4 Å². The van der Waals surface area contributed by atoms with Gasteiger partial charge in [0.05, 0.1) is 48.0 Å².